The number of aromatic nitrogens is 1. The maximum Gasteiger partial charge on any atom is 0.262 e. The SMILES string of the molecule is O=C1CCC(N2C(=O)c3ccc(CNCc4nc5c(s4)CNCC5)cc3C2=O)C(=O)N1. The van der Waals surface area contributed by atoms with Crippen LogP contribution in [-0.2, 0) is 35.6 Å². The van der Waals surface area contributed by atoms with Crippen molar-refractivity contribution in [1.29, 1.82) is 0 Å². The van der Waals surface area contributed by atoms with Crippen molar-refractivity contribution in [3.05, 3.63) is 50.5 Å². The Bertz CT molecular complexity index is 1090. The molecule has 2 aromatic rings. The van der Waals surface area contributed by atoms with Crippen molar-refractivity contribution in [2.24, 2.45) is 0 Å². The van der Waals surface area contributed by atoms with E-state index in [2.05, 4.69) is 20.9 Å². The van der Waals surface area contributed by atoms with E-state index in [0.29, 0.717) is 24.2 Å². The summed E-state index contributed by atoms with van der Waals surface area (Å²) in [5.41, 5.74) is 2.63. The van der Waals surface area contributed by atoms with Gasteiger partial charge in [-0.05, 0) is 24.1 Å². The second kappa shape index (κ2) is 7.95. The Morgan fingerprint density at radius 1 is 1.10 bits per heavy atom. The molecule has 3 aliphatic heterocycles. The van der Waals surface area contributed by atoms with E-state index in [1.165, 1.54) is 10.6 Å². The number of imide groups is 2. The molecule has 5 rings (SSSR count). The zero-order chi connectivity index (χ0) is 21.5. The molecule has 0 radical (unpaired) electrons. The van der Waals surface area contributed by atoms with E-state index >= 15 is 0 Å². The van der Waals surface area contributed by atoms with E-state index < -0.39 is 23.8 Å². The Morgan fingerprint density at radius 3 is 2.74 bits per heavy atom. The molecule has 1 aromatic heterocycles. The van der Waals surface area contributed by atoms with Gasteiger partial charge in [-0.15, -0.1) is 11.3 Å². The molecule has 4 heterocycles. The molecule has 0 aliphatic carbocycles. The zero-order valence-electron chi connectivity index (χ0n) is 16.7. The highest BCUT2D eigenvalue weighted by atomic mass is 32.1. The third-order valence-electron chi connectivity index (χ3n) is 5.76. The van der Waals surface area contributed by atoms with Crippen molar-refractivity contribution < 1.29 is 19.2 Å². The van der Waals surface area contributed by atoms with Gasteiger partial charge < -0.3 is 10.6 Å². The summed E-state index contributed by atoms with van der Waals surface area (Å²) in [6.07, 6.45) is 1.21. The molecule has 1 atom stereocenters. The van der Waals surface area contributed by atoms with Crippen LogP contribution < -0.4 is 16.0 Å². The number of carbonyl (C=O) groups excluding carboxylic acids is 4. The third-order valence-corrected chi connectivity index (χ3v) is 6.85. The second-order valence-corrected chi connectivity index (χ2v) is 9.00. The fourth-order valence-electron chi connectivity index (χ4n) is 4.20. The Kier molecular flexibility index (Phi) is 5.12. The molecule has 31 heavy (non-hydrogen) atoms. The fourth-order valence-corrected chi connectivity index (χ4v) is 5.25. The van der Waals surface area contributed by atoms with E-state index in [4.69, 9.17) is 0 Å². The molecule has 1 unspecified atom stereocenters. The Hall–Kier alpha value is -2.95. The highest BCUT2D eigenvalue weighted by Gasteiger charge is 2.44. The normalized spacial score (nSPS) is 20.6. The van der Waals surface area contributed by atoms with Gasteiger partial charge in [0.25, 0.3) is 11.8 Å². The van der Waals surface area contributed by atoms with Crippen LogP contribution >= 0.6 is 11.3 Å². The molecule has 0 saturated carbocycles. The van der Waals surface area contributed by atoms with Crippen LogP contribution in [0.1, 0.15) is 54.7 Å². The third kappa shape index (κ3) is 3.67. The Labute approximate surface area is 182 Å². The van der Waals surface area contributed by atoms with Gasteiger partial charge in [0.05, 0.1) is 16.8 Å². The summed E-state index contributed by atoms with van der Waals surface area (Å²) in [4.78, 5) is 56.1. The number of hydrogen-bond donors (Lipinski definition) is 3. The topological polar surface area (TPSA) is 120 Å². The lowest BCUT2D eigenvalue weighted by Crippen LogP contribution is -2.54. The first kappa shape index (κ1) is 20.0. The van der Waals surface area contributed by atoms with Crippen molar-refractivity contribution in [3.8, 4) is 0 Å². The first-order chi connectivity index (χ1) is 15.0. The van der Waals surface area contributed by atoms with Crippen molar-refractivity contribution in [1.82, 2.24) is 25.8 Å². The summed E-state index contributed by atoms with van der Waals surface area (Å²) in [5, 5.41) is 9.93. The average Bonchev–Trinajstić information content (AvgIpc) is 3.27. The van der Waals surface area contributed by atoms with Gasteiger partial charge in [0.15, 0.2) is 0 Å². The summed E-state index contributed by atoms with van der Waals surface area (Å²) in [5.74, 6) is -1.97. The van der Waals surface area contributed by atoms with Crippen LogP contribution in [-0.4, -0.2) is 46.1 Å². The maximum atomic E-state index is 12.9. The van der Waals surface area contributed by atoms with E-state index in [9.17, 15) is 19.2 Å². The summed E-state index contributed by atoms with van der Waals surface area (Å²) in [6, 6.07) is 4.19. The quantitative estimate of drug-likeness (QED) is 0.580. The molecule has 1 saturated heterocycles. The molecule has 10 heteroatoms. The lowest BCUT2D eigenvalue weighted by molar-refractivity contribution is -0.136. The van der Waals surface area contributed by atoms with Crippen LogP contribution in [0.2, 0.25) is 0 Å². The van der Waals surface area contributed by atoms with Crippen molar-refractivity contribution in [2.45, 2.75) is 44.9 Å². The van der Waals surface area contributed by atoms with Crippen LogP contribution in [0.4, 0.5) is 0 Å². The van der Waals surface area contributed by atoms with Gasteiger partial charge in [-0.3, -0.25) is 29.4 Å². The van der Waals surface area contributed by atoms with E-state index in [-0.39, 0.29) is 18.7 Å². The highest BCUT2D eigenvalue weighted by Crippen LogP contribution is 2.28. The number of piperidine rings is 1. The first-order valence-corrected chi connectivity index (χ1v) is 11.1. The molecular weight excluding hydrogens is 418 g/mol. The number of amides is 4. The number of carbonyl (C=O) groups is 4. The fraction of sp³-hybridized carbons (Fsp3) is 0.381. The van der Waals surface area contributed by atoms with Crippen molar-refractivity contribution >= 4 is 35.0 Å². The van der Waals surface area contributed by atoms with E-state index in [1.54, 1.807) is 23.5 Å². The number of fused-ring (bicyclic) bond motifs is 2. The standard InChI is InChI=1S/C21H21N5O4S/c27-17-4-3-15(19(28)25-17)26-20(29)12-2-1-11(7-13(12)21(26)30)8-23-10-18-24-14-5-6-22-9-16(14)31-18/h1-2,7,15,22-23H,3-6,8-10H2,(H,25,27,28). The number of thiazole rings is 1. The van der Waals surface area contributed by atoms with E-state index in [0.717, 1.165) is 35.0 Å². The monoisotopic (exact) mass is 439 g/mol. The van der Waals surface area contributed by atoms with Crippen LogP contribution in [0.5, 0.6) is 0 Å². The maximum absolute atomic E-state index is 12.9. The smallest absolute Gasteiger partial charge is 0.262 e. The Balaban J connectivity index is 1.26. The molecule has 0 spiro atoms. The average molecular weight is 439 g/mol. The molecule has 160 valence electrons. The van der Waals surface area contributed by atoms with E-state index in [1.807, 2.05) is 6.07 Å². The van der Waals surface area contributed by atoms with Crippen molar-refractivity contribution in [2.75, 3.05) is 6.54 Å². The molecule has 1 fully saturated rings. The summed E-state index contributed by atoms with van der Waals surface area (Å²) >= 11 is 1.70. The van der Waals surface area contributed by atoms with Gasteiger partial charge in [-0.25, -0.2) is 4.98 Å². The number of rotatable bonds is 5. The Morgan fingerprint density at radius 2 is 1.94 bits per heavy atom. The van der Waals surface area contributed by atoms with Gasteiger partial charge >= 0.3 is 0 Å². The van der Waals surface area contributed by atoms with Gasteiger partial charge in [0.2, 0.25) is 11.8 Å². The minimum atomic E-state index is -0.947. The van der Waals surface area contributed by atoms with Crippen LogP contribution in [0.15, 0.2) is 18.2 Å². The van der Waals surface area contributed by atoms with Gasteiger partial charge in [0.1, 0.15) is 11.0 Å². The number of benzene rings is 1. The van der Waals surface area contributed by atoms with Crippen LogP contribution in [0.3, 0.4) is 0 Å². The molecule has 0 bridgehead atoms. The summed E-state index contributed by atoms with van der Waals surface area (Å²) in [7, 11) is 0. The zero-order valence-corrected chi connectivity index (χ0v) is 17.5. The van der Waals surface area contributed by atoms with Crippen molar-refractivity contribution in [3.63, 3.8) is 0 Å². The largest absolute Gasteiger partial charge is 0.311 e. The molecule has 9 nitrogen and oxygen atoms in total. The number of nitrogens with one attached hydrogen (secondary N) is 3. The predicted molar refractivity (Wildman–Crippen MR) is 111 cm³/mol. The summed E-state index contributed by atoms with van der Waals surface area (Å²) < 4.78 is 0. The van der Waals surface area contributed by atoms with Gasteiger partial charge in [0, 0.05) is 43.9 Å². The molecule has 3 aliphatic rings. The number of hydrogen-bond acceptors (Lipinski definition) is 8. The minimum absolute atomic E-state index is 0.106. The van der Waals surface area contributed by atoms with Crippen LogP contribution in [0, 0.1) is 0 Å². The molecule has 3 N–H and O–H groups in total. The van der Waals surface area contributed by atoms with Crippen LogP contribution in [0.25, 0.3) is 0 Å². The molecule has 1 aromatic carbocycles. The first-order valence-electron chi connectivity index (χ1n) is 10.2. The molecule has 4 amide bonds. The van der Waals surface area contributed by atoms with Gasteiger partial charge in [-0.2, -0.15) is 0 Å². The predicted octanol–water partition coefficient (Wildman–Crippen LogP) is 0.480. The number of nitrogens with zero attached hydrogens (tertiary/aromatic N) is 2. The highest BCUT2D eigenvalue weighted by molar-refractivity contribution is 7.11. The second-order valence-electron chi connectivity index (χ2n) is 7.83. The van der Waals surface area contributed by atoms with Gasteiger partial charge in [-0.1, -0.05) is 6.07 Å². The molecular formula is C21H21N5O4S. The lowest BCUT2D eigenvalue weighted by atomic mass is 10.0. The summed E-state index contributed by atoms with van der Waals surface area (Å²) in [6.45, 7) is 2.98. The lowest BCUT2D eigenvalue weighted by Gasteiger charge is -2.27. The minimum Gasteiger partial charge on any atom is -0.311 e.